The fourth-order valence-corrected chi connectivity index (χ4v) is 2.57. The molecule has 0 amide bonds. The third kappa shape index (κ3) is 5.94. The molecular formula is C24H22O2S. The van der Waals surface area contributed by atoms with Gasteiger partial charge in [0.05, 0.1) is 0 Å². The maximum absolute atomic E-state index is 9.10. The average Bonchev–Trinajstić information content (AvgIpc) is 2.71. The first kappa shape index (κ1) is 20.1. The average molecular weight is 375 g/mol. The minimum absolute atomic E-state index is 0. The van der Waals surface area contributed by atoms with Crippen LogP contribution in [0, 0.1) is 0 Å². The van der Waals surface area contributed by atoms with E-state index in [2.05, 4.69) is 0 Å². The summed E-state index contributed by atoms with van der Waals surface area (Å²) in [6.07, 6.45) is 0. The van der Waals surface area contributed by atoms with Crippen LogP contribution in [0.2, 0.25) is 0 Å². The van der Waals surface area contributed by atoms with Crippen LogP contribution in [-0.4, -0.2) is 10.2 Å². The van der Waals surface area contributed by atoms with E-state index in [9.17, 15) is 0 Å². The van der Waals surface area contributed by atoms with Gasteiger partial charge in [-0.05, 0) is 46.5 Å². The van der Waals surface area contributed by atoms with E-state index in [1.165, 1.54) is 11.1 Å². The Morgan fingerprint density at radius 2 is 0.593 bits per heavy atom. The van der Waals surface area contributed by atoms with E-state index in [0.29, 0.717) is 11.5 Å². The topological polar surface area (TPSA) is 40.5 Å². The predicted octanol–water partition coefficient (Wildman–Crippen LogP) is 6.23. The van der Waals surface area contributed by atoms with Crippen molar-refractivity contribution in [1.82, 2.24) is 0 Å². The lowest BCUT2D eigenvalue weighted by Gasteiger charge is -2.00. The first-order chi connectivity index (χ1) is 12.7. The Kier molecular flexibility index (Phi) is 7.53. The van der Waals surface area contributed by atoms with Gasteiger partial charge in [-0.25, -0.2) is 0 Å². The third-order valence-corrected chi connectivity index (χ3v) is 3.95. The Morgan fingerprint density at radius 1 is 0.333 bits per heavy atom. The van der Waals surface area contributed by atoms with Crippen molar-refractivity contribution in [3.63, 3.8) is 0 Å². The van der Waals surface area contributed by atoms with Crippen LogP contribution in [0.5, 0.6) is 11.5 Å². The molecule has 0 fully saturated rings. The van der Waals surface area contributed by atoms with Crippen LogP contribution in [0.1, 0.15) is 0 Å². The predicted molar refractivity (Wildman–Crippen MR) is 117 cm³/mol. The van der Waals surface area contributed by atoms with Gasteiger partial charge < -0.3 is 10.2 Å². The fourth-order valence-electron chi connectivity index (χ4n) is 2.57. The summed E-state index contributed by atoms with van der Waals surface area (Å²) in [5, 5.41) is 18.2. The molecule has 4 rings (SSSR count). The molecule has 0 aliphatic carbocycles. The van der Waals surface area contributed by atoms with Gasteiger partial charge in [0, 0.05) is 0 Å². The molecule has 0 unspecified atom stereocenters. The molecule has 0 aliphatic heterocycles. The van der Waals surface area contributed by atoms with E-state index in [0.717, 1.165) is 11.1 Å². The van der Waals surface area contributed by atoms with E-state index in [4.69, 9.17) is 10.2 Å². The van der Waals surface area contributed by atoms with Gasteiger partial charge in [-0.1, -0.05) is 84.9 Å². The van der Waals surface area contributed by atoms with E-state index < -0.39 is 0 Å². The van der Waals surface area contributed by atoms with Gasteiger partial charge in [-0.15, -0.1) is 0 Å². The van der Waals surface area contributed by atoms with Crippen LogP contribution in [-0.2, 0) is 0 Å². The minimum atomic E-state index is 0. The van der Waals surface area contributed by atoms with E-state index in [1.807, 2.05) is 84.9 Å². The van der Waals surface area contributed by atoms with E-state index >= 15 is 0 Å². The Labute approximate surface area is 166 Å². The molecule has 27 heavy (non-hydrogen) atoms. The lowest BCUT2D eigenvalue weighted by molar-refractivity contribution is 0.475. The smallest absolute Gasteiger partial charge is 0.115 e. The Morgan fingerprint density at radius 3 is 0.889 bits per heavy atom. The molecule has 0 radical (unpaired) electrons. The molecule has 4 aromatic carbocycles. The van der Waals surface area contributed by atoms with Crippen molar-refractivity contribution >= 4 is 13.5 Å². The number of phenolic OH excluding ortho intramolecular Hbond substituents is 2. The molecule has 4 aromatic rings. The zero-order chi connectivity index (χ0) is 18.2. The zero-order valence-electron chi connectivity index (χ0n) is 14.8. The molecule has 0 aromatic heterocycles. The lowest BCUT2D eigenvalue weighted by Crippen LogP contribution is -1.74. The maximum Gasteiger partial charge on any atom is 0.115 e. The summed E-state index contributed by atoms with van der Waals surface area (Å²) in [6.45, 7) is 0. The van der Waals surface area contributed by atoms with E-state index in [-0.39, 0.29) is 13.5 Å². The van der Waals surface area contributed by atoms with Crippen LogP contribution >= 0.6 is 13.5 Å². The zero-order valence-corrected chi connectivity index (χ0v) is 15.8. The van der Waals surface area contributed by atoms with Crippen molar-refractivity contribution in [2.45, 2.75) is 0 Å². The highest BCUT2D eigenvalue weighted by atomic mass is 32.1. The van der Waals surface area contributed by atoms with Gasteiger partial charge in [0.2, 0.25) is 0 Å². The fraction of sp³-hybridized carbons (Fsp3) is 0. The molecule has 136 valence electrons. The third-order valence-electron chi connectivity index (χ3n) is 3.95. The van der Waals surface area contributed by atoms with Crippen molar-refractivity contribution in [3.05, 3.63) is 109 Å². The van der Waals surface area contributed by atoms with Crippen LogP contribution in [0.25, 0.3) is 22.3 Å². The number of rotatable bonds is 2. The summed E-state index contributed by atoms with van der Waals surface area (Å²) in [5.74, 6) is 0.611. The summed E-state index contributed by atoms with van der Waals surface area (Å²) in [4.78, 5) is 0. The Balaban J connectivity index is 0.000000187. The highest BCUT2D eigenvalue weighted by Gasteiger charge is 1.95. The van der Waals surface area contributed by atoms with Crippen molar-refractivity contribution in [1.29, 1.82) is 0 Å². The van der Waals surface area contributed by atoms with Gasteiger partial charge in [-0.3, -0.25) is 0 Å². The van der Waals surface area contributed by atoms with Crippen molar-refractivity contribution in [3.8, 4) is 33.8 Å². The number of benzene rings is 4. The number of phenols is 2. The molecular weight excluding hydrogens is 352 g/mol. The number of hydrogen-bond acceptors (Lipinski definition) is 2. The molecule has 0 spiro atoms. The second-order valence-electron chi connectivity index (χ2n) is 5.83. The van der Waals surface area contributed by atoms with Gasteiger partial charge >= 0.3 is 0 Å². The summed E-state index contributed by atoms with van der Waals surface area (Å²) in [5.41, 5.74) is 4.59. The molecule has 0 bridgehead atoms. The lowest BCUT2D eigenvalue weighted by atomic mass is 10.1. The van der Waals surface area contributed by atoms with E-state index in [1.54, 1.807) is 24.3 Å². The summed E-state index contributed by atoms with van der Waals surface area (Å²) < 4.78 is 0. The van der Waals surface area contributed by atoms with Crippen molar-refractivity contribution in [2.75, 3.05) is 0 Å². The second kappa shape index (κ2) is 10.1. The van der Waals surface area contributed by atoms with Gasteiger partial charge in [0.25, 0.3) is 0 Å². The van der Waals surface area contributed by atoms with Crippen LogP contribution in [0.4, 0.5) is 0 Å². The monoisotopic (exact) mass is 374 g/mol. The van der Waals surface area contributed by atoms with Crippen LogP contribution in [0.3, 0.4) is 0 Å². The maximum atomic E-state index is 9.10. The first-order valence-corrected chi connectivity index (χ1v) is 8.41. The van der Waals surface area contributed by atoms with Crippen LogP contribution < -0.4 is 0 Å². The van der Waals surface area contributed by atoms with Crippen LogP contribution in [0.15, 0.2) is 109 Å². The summed E-state index contributed by atoms with van der Waals surface area (Å²) >= 11 is 0. The van der Waals surface area contributed by atoms with Gasteiger partial charge in [0.15, 0.2) is 0 Å². The number of aromatic hydroxyl groups is 2. The van der Waals surface area contributed by atoms with Gasteiger partial charge in [0.1, 0.15) is 11.5 Å². The van der Waals surface area contributed by atoms with Crippen molar-refractivity contribution < 1.29 is 10.2 Å². The molecule has 0 saturated heterocycles. The normalized spacial score (nSPS) is 9.48. The van der Waals surface area contributed by atoms with Gasteiger partial charge in [-0.2, -0.15) is 13.5 Å². The quantitative estimate of drug-likeness (QED) is 0.436. The highest BCUT2D eigenvalue weighted by molar-refractivity contribution is 7.59. The largest absolute Gasteiger partial charge is 0.508 e. The second-order valence-corrected chi connectivity index (χ2v) is 5.83. The molecule has 0 aliphatic rings. The molecule has 0 saturated carbocycles. The SMILES string of the molecule is Oc1ccc(-c2ccccc2)cc1.Oc1ccc(-c2ccccc2)cc1.S. The summed E-state index contributed by atoms with van der Waals surface area (Å²) in [7, 11) is 0. The van der Waals surface area contributed by atoms with Crippen molar-refractivity contribution in [2.24, 2.45) is 0 Å². The molecule has 3 heteroatoms. The first-order valence-electron chi connectivity index (χ1n) is 8.41. The molecule has 2 N–H and O–H groups in total. The minimum Gasteiger partial charge on any atom is -0.508 e. The molecule has 0 atom stereocenters. The Bertz CT molecular complexity index is 838. The standard InChI is InChI=1S/2C12H10O.H2S/c2*13-12-8-6-11(7-9-12)10-4-2-1-3-5-10;/h2*1-9,13H;1H2. The molecule has 2 nitrogen and oxygen atoms in total. The number of hydrogen-bond donors (Lipinski definition) is 2. The summed E-state index contributed by atoms with van der Waals surface area (Å²) in [6, 6.07) is 34.6. The molecule has 0 heterocycles. The highest BCUT2D eigenvalue weighted by Crippen LogP contribution is 2.21. The Hall–Kier alpha value is -3.17.